The standard InChI is InChI=1S/C22H30F2/c1-3-5-7-8-10-19-15-16-20(22(24)21(19)23)18-13-11-17(12-14-18)9-6-4-2/h4,13,15-17H,2-3,5-12,14H2,1H3. The predicted molar refractivity (Wildman–Crippen MR) is 99.0 cm³/mol. The summed E-state index contributed by atoms with van der Waals surface area (Å²) in [5.74, 6) is -0.644. The fraction of sp³-hybridized carbons (Fsp3) is 0.545. The minimum absolute atomic E-state index is 0.465. The van der Waals surface area contributed by atoms with E-state index in [1.54, 1.807) is 12.1 Å². The first kappa shape index (κ1) is 18.9. The molecule has 0 fully saturated rings. The van der Waals surface area contributed by atoms with Crippen LogP contribution in [0.2, 0.25) is 0 Å². The van der Waals surface area contributed by atoms with Gasteiger partial charge in [0.05, 0.1) is 0 Å². The zero-order valence-electron chi connectivity index (χ0n) is 14.9. The van der Waals surface area contributed by atoms with E-state index in [0.717, 1.165) is 63.4 Å². The van der Waals surface area contributed by atoms with Gasteiger partial charge in [0.25, 0.3) is 0 Å². The van der Waals surface area contributed by atoms with Gasteiger partial charge >= 0.3 is 0 Å². The maximum absolute atomic E-state index is 14.5. The van der Waals surface area contributed by atoms with Gasteiger partial charge in [-0.2, -0.15) is 0 Å². The van der Waals surface area contributed by atoms with Gasteiger partial charge in [0.15, 0.2) is 11.6 Å². The van der Waals surface area contributed by atoms with Gasteiger partial charge in [-0.15, -0.1) is 6.58 Å². The normalized spacial score (nSPS) is 17.6. The molecule has 0 N–H and O–H groups in total. The molecule has 1 unspecified atom stereocenters. The molecule has 0 amide bonds. The lowest BCUT2D eigenvalue weighted by molar-refractivity contribution is 0.452. The topological polar surface area (TPSA) is 0 Å². The molecule has 0 bridgehead atoms. The van der Waals surface area contributed by atoms with E-state index in [9.17, 15) is 8.78 Å². The molecule has 0 nitrogen and oxygen atoms in total. The predicted octanol–water partition coefficient (Wildman–Crippen LogP) is 7.24. The van der Waals surface area contributed by atoms with Gasteiger partial charge < -0.3 is 0 Å². The van der Waals surface area contributed by atoms with Gasteiger partial charge in [0.1, 0.15) is 0 Å². The summed E-state index contributed by atoms with van der Waals surface area (Å²) >= 11 is 0. The molecule has 0 saturated heterocycles. The second-order valence-electron chi connectivity index (χ2n) is 6.95. The third kappa shape index (κ3) is 5.03. The van der Waals surface area contributed by atoms with Crippen molar-refractivity contribution in [1.29, 1.82) is 0 Å². The summed E-state index contributed by atoms with van der Waals surface area (Å²) in [6, 6.07) is 3.56. The molecular weight excluding hydrogens is 302 g/mol. The lowest BCUT2D eigenvalue weighted by Gasteiger charge is -2.22. The maximum Gasteiger partial charge on any atom is 0.166 e. The number of unbranched alkanes of at least 4 members (excludes halogenated alkanes) is 3. The summed E-state index contributed by atoms with van der Waals surface area (Å²) in [5, 5.41) is 0. The first-order chi connectivity index (χ1) is 11.7. The van der Waals surface area contributed by atoms with Crippen molar-refractivity contribution in [2.24, 2.45) is 5.92 Å². The lowest BCUT2D eigenvalue weighted by atomic mass is 9.84. The fourth-order valence-corrected chi connectivity index (χ4v) is 3.52. The molecule has 132 valence electrons. The molecule has 0 aromatic heterocycles. The zero-order chi connectivity index (χ0) is 17.4. The Morgan fingerprint density at radius 1 is 1.17 bits per heavy atom. The van der Waals surface area contributed by atoms with Crippen molar-refractivity contribution in [2.45, 2.75) is 71.1 Å². The smallest absolute Gasteiger partial charge is 0.166 e. The van der Waals surface area contributed by atoms with E-state index in [1.807, 2.05) is 6.08 Å². The molecule has 0 aliphatic heterocycles. The van der Waals surface area contributed by atoms with Gasteiger partial charge in [-0.25, -0.2) is 8.78 Å². The Hall–Kier alpha value is -1.44. The van der Waals surface area contributed by atoms with Gasteiger partial charge in [0, 0.05) is 5.56 Å². The first-order valence-corrected chi connectivity index (χ1v) is 9.44. The molecule has 24 heavy (non-hydrogen) atoms. The number of allylic oxidation sites excluding steroid dienone is 3. The van der Waals surface area contributed by atoms with Gasteiger partial charge in [-0.3, -0.25) is 0 Å². The minimum atomic E-state index is -0.654. The molecule has 0 radical (unpaired) electrons. The highest BCUT2D eigenvalue weighted by Gasteiger charge is 2.20. The van der Waals surface area contributed by atoms with Crippen molar-refractivity contribution in [3.63, 3.8) is 0 Å². The zero-order valence-corrected chi connectivity index (χ0v) is 14.9. The van der Waals surface area contributed by atoms with Crippen LogP contribution in [0.5, 0.6) is 0 Å². The Balaban J connectivity index is 2.02. The number of hydrogen-bond acceptors (Lipinski definition) is 0. The van der Waals surface area contributed by atoms with E-state index in [4.69, 9.17) is 0 Å². The monoisotopic (exact) mass is 332 g/mol. The highest BCUT2D eigenvalue weighted by molar-refractivity contribution is 5.67. The molecule has 1 aromatic rings. The van der Waals surface area contributed by atoms with Gasteiger partial charge in [0.2, 0.25) is 0 Å². The van der Waals surface area contributed by atoms with Crippen molar-refractivity contribution in [3.8, 4) is 0 Å². The van der Waals surface area contributed by atoms with Crippen LogP contribution >= 0.6 is 0 Å². The van der Waals surface area contributed by atoms with Crippen LogP contribution in [0.1, 0.15) is 75.8 Å². The molecule has 1 aliphatic rings. The molecule has 0 saturated carbocycles. The van der Waals surface area contributed by atoms with E-state index in [2.05, 4.69) is 19.6 Å². The minimum Gasteiger partial charge on any atom is -0.203 e. The third-order valence-corrected chi connectivity index (χ3v) is 5.11. The van der Waals surface area contributed by atoms with Crippen LogP contribution in [0, 0.1) is 17.6 Å². The van der Waals surface area contributed by atoms with Crippen LogP contribution in [0.3, 0.4) is 0 Å². The van der Waals surface area contributed by atoms with Crippen LogP contribution < -0.4 is 0 Å². The van der Waals surface area contributed by atoms with Crippen LogP contribution in [0.25, 0.3) is 5.57 Å². The summed E-state index contributed by atoms with van der Waals surface area (Å²) in [4.78, 5) is 0. The van der Waals surface area contributed by atoms with Crippen LogP contribution in [-0.4, -0.2) is 0 Å². The van der Waals surface area contributed by atoms with Crippen molar-refractivity contribution in [2.75, 3.05) is 0 Å². The number of halogens is 2. The summed E-state index contributed by atoms with van der Waals surface area (Å²) in [5.41, 5.74) is 1.96. The van der Waals surface area contributed by atoms with Crippen molar-refractivity contribution >= 4 is 5.57 Å². The van der Waals surface area contributed by atoms with Gasteiger partial charge in [-0.1, -0.05) is 50.5 Å². The SMILES string of the molecule is C=CCCC1CC=C(c2ccc(CCCCCC)c(F)c2F)CC1. The van der Waals surface area contributed by atoms with E-state index in [-0.39, 0.29) is 0 Å². The molecule has 1 aliphatic carbocycles. The fourth-order valence-electron chi connectivity index (χ4n) is 3.52. The van der Waals surface area contributed by atoms with E-state index < -0.39 is 11.6 Å². The molecule has 2 rings (SSSR count). The lowest BCUT2D eigenvalue weighted by Crippen LogP contribution is -2.07. The van der Waals surface area contributed by atoms with Crippen molar-refractivity contribution in [3.05, 3.63) is 53.6 Å². The number of aryl methyl sites for hydroxylation is 1. The third-order valence-electron chi connectivity index (χ3n) is 5.11. The Morgan fingerprint density at radius 3 is 2.67 bits per heavy atom. The molecule has 0 heterocycles. The van der Waals surface area contributed by atoms with Crippen LogP contribution in [0.15, 0.2) is 30.9 Å². The van der Waals surface area contributed by atoms with Crippen LogP contribution in [-0.2, 0) is 6.42 Å². The van der Waals surface area contributed by atoms with Crippen LogP contribution in [0.4, 0.5) is 8.78 Å². The van der Waals surface area contributed by atoms with E-state index in [1.165, 1.54) is 0 Å². The second-order valence-corrected chi connectivity index (χ2v) is 6.95. The van der Waals surface area contributed by atoms with E-state index in [0.29, 0.717) is 23.5 Å². The van der Waals surface area contributed by atoms with Gasteiger partial charge in [-0.05, 0) is 62.0 Å². The average molecular weight is 332 g/mol. The molecule has 2 heteroatoms. The second kappa shape index (κ2) is 9.76. The Morgan fingerprint density at radius 2 is 2.00 bits per heavy atom. The quantitative estimate of drug-likeness (QED) is 0.330. The Labute approximate surface area is 145 Å². The summed E-state index contributed by atoms with van der Waals surface area (Å²) < 4.78 is 28.8. The number of hydrogen-bond donors (Lipinski definition) is 0. The summed E-state index contributed by atoms with van der Waals surface area (Å²) in [6.07, 6.45) is 14.0. The number of rotatable bonds is 9. The van der Waals surface area contributed by atoms with Crippen molar-refractivity contribution < 1.29 is 8.78 Å². The maximum atomic E-state index is 14.5. The first-order valence-electron chi connectivity index (χ1n) is 9.44. The van der Waals surface area contributed by atoms with Crippen molar-refractivity contribution in [1.82, 2.24) is 0 Å². The molecule has 0 spiro atoms. The highest BCUT2D eigenvalue weighted by atomic mass is 19.2. The number of benzene rings is 1. The molecular formula is C22H30F2. The largest absolute Gasteiger partial charge is 0.203 e. The Bertz CT molecular complexity index is 572. The highest BCUT2D eigenvalue weighted by Crippen LogP contribution is 2.34. The summed E-state index contributed by atoms with van der Waals surface area (Å²) in [7, 11) is 0. The summed E-state index contributed by atoms with van der Waals surface area (Å²) in [6.45, 7) is 5.91. The molecule has 1 aromatic carbocycles. The Kier molecular flexibility index (Phi) is 7.68. The average Bonchev–Trinajstić information content (AvgIpc) is 2.61. The molecule has 1 atom stereocenters. The van der Waals surface area contributed by atoms with E-state index >= 15 is 0 Å².